The van der Waals surface area contributed by atoms with Crippen LogP contribution < -0.4 is 5.32 Å². The fourth-order valence-electron chi connectivity index (χ4n) is 2.12. The van der Waals surface area contributed by atoms with Gasteiger partial charge in [0.1, 0.15) is 5.25 Å². The quantitative estimate of drug-likeness (QED) is 0.812. The zero-order valence-electron chi connectivity index (χ0n) is 13.0. The summed E-state index contributed by atoms with van der Waals surface area (Å²) in [6, 6.07) is 11.7. The van der Waals surface area contributed by atoms with Crippen molar-refractivity contribution < 1.29 is 22.0 Å². The fraction of sp³-hybridized carbons (Fsp3) is 0.235. The highest BCUT2D eigenvalue weighted by Crippen LogP contribution is 2.19. The summed E-state index contributed by atoms with van der Waals surface area (Å²) in [5.41, 5.74) is 1.01. The summed E-state index contributed by atoms with van der Waals surface area (Å²) in [6.07, 6.45) is 0.560. The number of hydrogen-bond donors (Lipinski definition) is 1. The molecule has 0 aromatic heterocycles. The van der Waals surface area contributed by atoms with Crippen molar-refractivity contribution >= 4 is 15.7 Å². The highest BCUT2D eigenvalue weighted by molar-refractivity contribution is 7.92. The van der Waals surface area contributed by atoms with E-state index >= 15 is 0 Å². The molecule has 1 atom stereocenters. The maximum absolute atomic E-state index is 13.2. The van der Waals surface area contributed by atoms with Gasteiger partial charge in [0, 0.05) is 6.54 Å². The van der Waals surface area contributed by atoms with Crippen LogP contribution in [0, 0.1) is 11.6 Å². The Hall–Kier alpha value is -2.28. The van der Waals surface area contributed by atoms with Crippen LogP contribution in [-0.4, -0.2) is 26.1 Å². The van der Waals surface area contributed by atoms with Gasteiger partial charge in [-0.05, 0) is 37.1 Å². The molecule has 0 spiro atoms. The van der Waals surface area contributed by atoms with Crippen LogP contribution in [-0.2, 0) is 21.1 Å². The van der Waals surface area contributed by atoms with Gasteiger partial charge in [-0.25, -0.2) is 17.2 Å². The predicted molar refractivity (Wildman–Crippen MR) is 86.2 cm³/mol. The van der Waals surface area contributed by atoms with E-state index in [2.05, 4.69) is 5.32 Å². The molecule has 2 aromatic rings. The van der Waals surface area contributed by atoms with Crippen molar-refractivity contribution in [2.45, 2.75) is 23.5 Å². The van der Waals surface area contributed by atoms with Crippen LogP contribution >= 0.6 is 0 Å². The molecule has 0 aliphatic carbocycles. The van der Waals surface area contributed by atoms with Crippen LogP contribution in [0.4, 0.5) is 8.78 Å². The maximum Gasteiger partial charge on any atom is 0.238 e. The van der Waals surface area contributed by atoms with E-state index in [9.17, 15) is 22.0 Å². The maximum atomic E-state index is 13.2. The minimum atomic E-state index is -4.09. The molecule has 0 aliphatic heterocycles. The van der Waals surface area contributed by atoms with E-state index in [-0.39, 0.29) is 6.54 Å². The standard InChI is InChI=1S/C17H17F2NO3S/c1-12(17(21)20-10-9-13-5-3-2-4-6-13)24(22,23)14-7-8-15(18)16(19)11-14/h2-8,11-12H,9-10H2,1H3,(H,20,21). The molecule has 0 fully saturated rings. The second-order valence-electron chi connectivity index (χ2n) is 5.29. The van der Waals surface area contributed by atoms with Gasteiger partial charge in [-0.1, -0.05) is 30.3 Å². The van der Waals surface area contributed by atoms with E-state index in [0.717, 1.165) is 17.7 Å². The van der Waals surface area contributed by atoms with Crippen molar-refractivity contribution in [3.8, 4) is 0 Å². The summed E-state index contributed by atoms with van der Waals surface area (Å²) < 4.78 is 50.8. The Morgan fingerprint density at radius 3 is 2.38 bits per heavy atom. The van der Waals surface area contributed by atoms with Crippen molar-refractivity contribution in [1.82, 2.24) is 5.32 Å². The number of sulfone groups is 1. The lowest BCUT2D eigenvalue weighted by Crippen LogP contribution is -2.38. The monoisotopic (exact) mass is 353 g/mol. The first-order chi connectivity index (χ1) is 11.3. The molecule has 24 heavy (non-hydrogen) atoms. The third-order valence-corrected chi connectivity index (χ3v) is 5.67. The first kappa shape index (κ1) is 18.1. The first-order valence-electron chi connectivity index (χ1n) is 7.33. The molecule has 1 amide bonds. The van der Waals surface area contributed by atoms with Crippen molar-refractivity contribution in [1.29, 1.82) is 0 Å². The van der Waals surface area contributed by atoms with Gasteiger partial charge in [0.15, 0.2) is 21.5 Å². The Morgan fingerprint density at radius 2 is 1.75 bits per heavy atom. The van der Waals surface area contributed by atoms with Gasteiger partial charge in [0.05, 0.1) is 4.90 Å². The summed E-state index contributed by atoms with van der Waals surface area (Å²) in [4.78, 5) is 11.6. The number of carbonyl (C=O) groups is 1. The van der Waals surface area contributed by atoms with Gasteiger partial charge in [-0.2, -0.15) is 0 Å². The average molecular weight is 353 g/mol. The predicted octanol–water partition coefficient (Wildman–Crippen LogP) is 2.49. The summed E-state index contributed by atoms with van der Waals surface area (Å²) >= 11 is 0. The molecule has 1 N–H and O–H groups in total. The summed E-state index contributed by atoms with van der Waals surface area (Å²) in [5.74, 6) is -3.10. The van der Waals surface area contributed by atoms with Gasteiger partial charge < -0.3 is 5.32 Å². The second-order valence-corrected chi connectivity index (χ2v) is 7.56. The van der Waals surface area contributed by atoms with E-state index in [1.807, 2.05) is 30.3 Å². The first-order valence-corrected chi connectivity index (χ1v) is 8.87. The molecule has 0 saturated carbocycles. The van der Waals surface area contributed by atoms with Gasteiger partial charge in [0.25, 0.3) is 0 Å². The summed E-state index contributed by atoms with van der Waals surface area (Å²) in [7, 11) is -4.09. The molecule has 2 rings (SSSR count). The van der Waals surface area contributed by atoms with Gasteiger partial charge >= 0.3 is 0 Å². The van der Waals surface area contributed by atoms with Crippen molar-refractivity contribution in [3.63, 3.8) is 0 Å². The SMILES string of the molecule is CC(C(=O)NCCc1ccccc1)S(=O)(=O)c1ccc(F)c(F)c1. The summed E-state index contributed by atoms with van der Waals surface area (Å²) in [5, 5.41) is 1.14. The van der Waals surface area contributed by atoms with Crippen LogP contribution in [0.1, 0.15) is 12.5 Å². The molecular weight excluding hydrogens is 336 g/mol. The number of halogens is 2. The lowest BCUT2D eigenvalue weighted by molar-refractivity contribution is -0.120. The zero-order valence-corrected chi connectivity index (χ0v) is 13.8. The highest BCUT2D eigenvalue weighted by atomic mass is 32.2. The Morgan fingerprint density at radius 1 is 1.08 bits per heavy atom. The smallest absolute Gasteiger partial charge is 0.238 e. The van der Waals surface area contributed by atoms with Crippen LogP contribution in [0.3, 0.4) is 0 Å². The Bertz CT molecular complexity index is 823. The zero-order chi connectivity index (χ0) is 17.7. The molecule has 0 aliphatic rings. The normalized spacial score (nSPS) is 12.6. The Kier molecular flexibility index (Phi) is 5.66. The van der Waals surface area contributed by atoms with Crippen molar-refractivity contribution in [2.24, 2.45) is 0 Å². The molecule has 7 heteroatoms. The molecule has 0 saturated heterocycles. The van der Waals surface area contributed by atoms with E-state index in [1.54, 1.807) is 0 Å². The molecule has 0 radical (unpaired) electrons. The number of hydrogen-bond acceptors (Lipinski definition) is 3. The molecule has 128 valence electrons. The molecule has 1 unspecified atom stereocenters. The van der Waals surface area contributed by atoms with E-state index < -0.39 is 37.5 Å². The number of rotatable bonds is 6. The molecule has 4 nitrogen and oxygen atoms in total. The third kappa shape index (κ3) is 4.17. The molecule has 2 aromatic carbocycles. The van der Waals surface area contributed by atoms with Crippen molar-refractivity contribution in [3.05, 3.63) is 65.7 Å². The average Bonchev–Trinajstić information content (AvgIpc) is 2.57. The largest absolute Gasteiger partial charge is 0.355 e. The van der Waals surface area contributed by atoms with E-state index in [0.29, 0.717) is 12.5 Å². The van der Waals surface area contributed by atoms with Gasteiger partial charge in [0.2, 0.25) is 5.91 Å². The van der Waals surface area contributed by atoms with Crippen molar-refractivity contribution in [2.75, 3.05) is 6.54 Å². The fourth-order valence-corrected chi connectivity index (χ4v) is 3.42. The number of amides is 1. The molecule has 0 bridgehead atoms. The van der Waals surface area contributed by atoms with Crippen LogP contribution in [0.25, 0.3) is 0 Å². The number of benzene rings is 2. The highest BCUT2D eigenvalue weighted by Gasteiger charge is 2.30. The topological polar surface area (TPSA) is 63.2 Å². The lowest BCUT2D eigenvalue weighted by atomic mass is 10.1. The second kappa shape index (κ2) is 7.53. The third-order valence-electron chi connectivity index (χ3n) is 3.61. The van der Waals surface area contributed by atoms with Crippen LogP contribution in [0.5, 0.6) is 0 Å². The Balaban J connectivity index is 2.02. The van der Waals surface area contributed by atoms with Crippen LogP contribution in [0.2, 0.25) is 0 Å². The number of nitrogens with one attached hydrogen (secondary N) is 1. The Labute approximate surface area is 139 Å². The molecular formula is C17H17F2NO3S. The van der Waals surface area contributed by atoms with E-state index in [1.165, 1.54) is 6.92 Å². The lowest BCUT2D eigenvalue weighted by Gasteiger charge is -2.13. The van der Waals surface area contributed by atoms with E-state index in [4.69, 9.17) is 0 Å². The minimum absolute atomic E-state index is 0.278. The number of carbonyl (C=O) groups excluding carboxylic acids is 1. The van der Waals surface area contributed by atoms with Gasteiger partial charge in [-0.3, -0.25) is 4.79 Å². The minimum Gasteiger partial charge on any atom is -0.355 e. The summed E-state index contributed by atoms with van der Waals surface area (Å²) in [6.45, 7) is 1.49. The van der Waals surface area contributed by atoms with Crippen LogP contribution in [0.15, 0.2) is 53.4 Å². The van der Waals surface area contributed by atoms with Gasteiger partial charge in [-0.15, -0.1) is 0 Å². The molecule has 0 heterocycles.